The van der Waals surface area contributed by atoms with E-state index in [1.807, 2.05) is 35.2 Å². The van der Waals surface area contributed by atoms with Crippen molar-refractivity contribution in [1.29, 1.82) is 0 Å². The molecule has 1 fully saturated rings. The minimum Gasteiger partial charge on any atom is -0.368 e. The van der Waals surface area contributed by atoms with E-state index in [-0.39, 0.29) is 5.91 Å². The van der Waals surface area contributed by atoms with E-state index in [1.54, 1.807) is 12.3 Å². The van der Waals surface area contributed by atoms with Gasteiger partial charge in [-0.15, -0.1) is 0 Å². The number of carbonyl (C=O) groups excluding carboxylic acids is 1. The molecule has 3 aromatic rings. The van der Waals surface area contributed by atoms with Crippen LogP contribution in [-0.2, 0) is 0 Å². The summed E-state index contributed by atoms with van der Waals surface area (Å²) in [5.74, 6) is 1.41. The summed E-state index contributed by atoms with van der Waals surface area (Å²) in [4.78, 5) is 23.4. The number of anilines is 2. The van der Waals surface area contributed by atoms with Crippen molar-refractivity contribution in [2.75, 3.05) is 36.8 Å². The van der Waals surface area contributed by atoms with Gasteiger partial charge in [0.2, 0.25) is 0 Å². The number of fused-ring (bicyclic) bond motifs is 1. The summed E-state index contributed by atoms with van der Waals surface area (Å²) in [6.07, 6.45) is 4.91. The van der Waals surface area contributed by atoms with Gasteiger partial charge in [-0.05, 0) is 43.5 Å². The Balaban J connectivity index is 1.30. The van der Waals surface area contributed by atoms with Crippen molar-refractivity contribution in [2.24, 2.45) is 0 Å². The van der Waals surface area contributed by atoms with Crippen molar-refractivity contribution in [1.82, 2.24) is 14.9 Å². The third kappa shape index (κ3) is 4.77. The number of amides is 1. The summed E-state index contributed by atoms with van der Waals surface area (Å²) >= 11 is 6.35. The molecule has 2 N–H and O–H groups in total. The van der Waals surface area contributed by atoms with E-state index in [4.69, 9.17) is 11.6 Å². The van der Waals surface area contributed by atoms with Crippen molar-refractivity contribution in [3.8, 4) is 0 Å². The number of likely N-dealkylation sites (tertiary alicyclic amines) is 1. The number of hydrogen-bond donors (Lipinski definition) is 2. The lowest BCUT2D eigenvalue weighted by atomic mass is 10.1. The van der Waals surface area contributed by atoms with Gasteiger partial charge in [-0.2, -0.15) is 0 Å². The average Bonchev–Trinajstić information content (AvgIpc) is 2.77. The highest BCUT2D eigenvalue weighted by atomic mass is 35.5. The number of hydrogen-bond acceptors (Lipinski definition) is 5. The fourth-order valence-corrected chi connectivity index (χ4v) is 3.73. The molecule has 4 rings (SSSR count). The Morgan fingerprint density at radius 3 is 2.66 bits per heavy atom. The molecular formula is C22H24ClN5O. The molecule has 1 aliphatic heterocycles. The molecule has 1 aromatic carbocycles. The van der Waals surface area contributed by atoms with Crippen LogP contribution in [0.1, 0.15) is 29.6 Å². The number of para-hydroxylation sites is 1. The summed E-state index contributed by atoms with van der Waals surface area (Å²) in [5.41, 5.74) is 1.50. The number of pyridine rings is 2. The predicted octanol–water partition coefficient (Wildman–Crippen LogP) is 4.43. The fourth-order valence-electron chi connectivity index (χ4n) is 3.50. The average molecular weight is 410 g/mol. The topological polar surface area (TPSA) is 70.1 Å². The molecule has 0 aliphatic carbocycles. The second-order valence-electron chi connectivity index (χ2n) is 7.15. The highest BCUT2D eigenvalue weighted by Crippen LogP contribution is 2.22. The number of halogens is 1. The lowest BCUT2D eigenvalue weighted by molar-refractivity contribution is 0.0724. The standard InChI is InChI=1S/C22H24ClN5O/c23-18-14-17(22(29)28-12-4-1-5-13-28)15-26-21(18)25-11-10-24-20-9-8-16-6-2-3-7-19(16)27-20/h2-3,6-9,14-15H,1,4-5,10-13H2,(H,24,27)(H,25,26). The Morgan fingerprint density at radius 1 is 1.03 bits per heavy atom. The van der Waals surface area contributed by atoms with E-state index < -0.39 is 0 Å². The van der Waals surface area contributed by atoms with Crippen LogP contribution in [0.2, 0.25) is 5.02 Å². The smallest absolute Gasteiger partial charge is 0.255 e. The Bertz CT molecular complexity index is 1000. The van der Waals surface area contributed by atoms with Crippen LogP contribution in [0.4, 0.5) is 11.6 Å². The normalized spacial score (nSPS) is 14.0. The van der Waals surface area contributed by atoms with E-state index in [1.165, 1.54) is 6.42 Å². The lowest BCUT2D eigenvalue weighted by Crippen LogP contribution is -2.35. The van der Waals surface area contributed by atoms with E-state index in [2.05, 4.69) is 26.7 Å². The number of nitrogens with one attached hydrogen (secondary N) is 2. The van der Waals surface area contributed by atoms with Crippen LogP contribution in [0.15, 0.2) is 48.7 Å². The van der Waals surface area contributed by atoms with Crippen LogP contribution in [-0.4, -0.2) is 47.0 Å². The van der Waals surface area contributed by atoms with Gasteiger partial charge in [0, 0.05) is 37.8 Å². The van der Waals surface area contributed by atoms with Gasteiger partial charge in [0.05, 0.1) is 16.1 Å². The molecule has 0 bridgehead atoms. The SMILES string of the molecule is O=C(c1cnc(NCCNc2ccc3ccccc3n2)c(Cl)c1)N1CCCCC1. The first-order chi connectivity index (χ1) is 14.2. The molecule has 1 saturated heterocycles. The monoisotopic (exact) mass is 409 g/mol. The largest absolute Gasteiger partial charge is 0.368 e. The highest BCUT2D eigenvalue weighted by molar-refractivity contribution is 6.33. The predicted molar refractivity (Wildman–Crippen MR) is 118 cm³/mol. The number of benzene rings is 1. The zero-order chi connectivity index (χ0) is 20.1. The van der Waals surface area contributed by atoms with Crippen molar-refractivity contribution in [3.05, 3.63) is 59.2 Å². The molecule has 6 nitrogen and oxygen atoms in total. The Morgan fingerprint density at radius 2 is 1.83 bits per heavy atom. The Hall–Kier alpha value is -2.86. The Labute approximate surface area is 175 Å². The summed E-state index contributed by atoms with van der Waals surface area (Å²) in [6, 6.07) is 13.7. The molecule has 3 heterocycles. The van der Waals surface area contributed by atoms with Crippen molar-refractivity contribution >= 4 is 40.0 Å². The Kier molecular flexibility index (Phi) is 6.10. The van der Waals surface area contributed by atoms with Crippen LogP contribution < -0.4 is 10.6 Å². The summed E-state index contributed by atoms with van der Waals surface area (Å²) < 4.78 is 0. The number of rotatable bonds is 6. The van der Waals surface area contributed by atoms with Crippen LogP contribution in [0.5, 0.6) is 0 Å². The molecule has 7 heteroatoms. The van der Waals surface area contributed by atoms with Gasteiger partial charge in [-0.3, -0.25) is 4.79 Å². The maximum absolute atomic E-state index is 12.6. The first kappa shape index (κ1) is 19.5. The molecule has 150 valence electrons. The second-order valence-corrected chi connectivity index (χ2v) is 7.56. The molecule has 1 aliphatic rings. The highest BCUT2D eigenvalue weighted by Gasteiger charge is 2.19. The molecule has 0 unspecified atom stereocenters. The van der Waals surface area contributed by atoms with E-state index in [9.17, 15) is 4.79 Å². The zero-order valence-electron chi connectivity index (χ0n) is 16.2. The fraction of sp³-hybridized carbons (Fsp3) is 0.318. The summed E-state index contributed by atoms with van der Waals surface area (Å²) in [5, 5.41) is 8.07. The third-order valence-electron chi connectivity index (χ3n) is 5.05. The van der Waals surface area contributed by atoms with Crippen molar-refractivity contribution in [3.63, 3.8) is 0 Å². The number of aromatic nitrogens is 2. The number of nitrogens with zero attached hydrogens (tertiary/aromatic N) is 3. The molecular weight excluding hydrogens is 386 g/mol. The third-order valence-corrected chi connectivity index (χ3v) is 5.34. The van der Waals surface area contributed by atoms with Gasteiger partial charge in [-0.25, -0.2) is 9.97 Å². The van der Waals surface area contributed by atoms with Crippen LogP contribution in [0.3, 0.4) is 0 Å². The van der Waals surface area contributed by atoms with E-state index in [0.29, 0.717) is 29.5 Å². The first-order valence-electron chi connectivity index (χ1n) is 9.99. The number of carbonyl (C=O) groups is 1. The minimum absolute atomic E-state index is 0.00898. The van der Waals surface area contributed by atoms with Crippen LogP contribution in [0.25, 0.3) is 10.9 Å². The molecule has 29 heavy (non-hydrogen) atoms. The van der Waals surface area contributed by atoms with Gasteiger partial charge < -0.3 is 15.5 Å². The van der Waals surface area contributed by atoms with Crippen LogP contribution in [0, 0.1) is 0 Å². The minimum atomic E-state index is 0.00898. The van der Waals surface area contributed by atoms with Gasteiger partial charge >= 0.3 is 0 Å². The first-order valence-corrected chi connectivity index (χ1v) is 10.4. The van der Waals surface area contributed by atoms with E-state index in [0.717, 1.165) is 42.7 Å². The van der Waals surface area contributed by atoms with Crippen molar-refractivity contribution in [2.45, 2.75) is 19.3 Å². The molecule has 1 amide bonds. The van der Waals surface area contributed by atoms with Crippen molar-refractivity contribution < 1.29 is 4.79 Å². The quantitative estimate of drug-likeness (QED) is 0.589. The maximum Gasteiger partial charge on any atom is 0.255 e. The summed E-state index contributed by atoms with van der Waals surface area (Å²) in [6.45, 7) is 2.91. The van der Waals surface area contributed by atoms with Gasteiger partial charge in [0.25, 0.3) is 5.91 Å². The molecule has 2 aromatic heterocycles. The lowest BCUT2D eigenvalue weighted by Gasteiger charge is -2.26. The van der Waals surface area contributed by atoms with E-state index >= 15 is 0 Å². The van der Waals surface area contributed by atoms with Crippen LogP contribution >= 0.6 is 11.6 Å². The van der Waals surface area contributed by atoms with Gasteiger partial charge in [-0.1, -0.05) is 29.8 Å². The molecule has 0 atom stereocenters. The van der Waals surface area contributed by atoms with Gasteiger partial charge in [0.15, 0.2) is 0 Å². The van der Waals surface area contributed by atoms with Gasteiger partial charge in [0.1, 0.15) is 11.6 Å². The summed E-state index contributed by atoms with van der Waals surface area (Å²) in [7, 11) is 0. The second kappa shape index (κ2) is 9.09. The molecule has 0 radical (unpaired) electrons. The maximum atomic E-state index is 12.6. The number of piperidine rings is 1. The molecule has 0 saturated carbocycles. The molecule has 0 spiro atoms. The zero-order valence-corrected chi connectivity index (χ0v) is 17.0.